The molecule has 1 fully saturated rings. The van der Waals surface area contributed by atoms with Crippen LogP contribution >= 0.6 is 0 Å². The van der Waals surface area contributed by atoms with Crippen LogP contribution in [0.4, 0.5) is 0 Å². The zero-order chi connectivity index (χ0) is 13.5. The lowest BCUT2D eigenvalue weighted by Crippen LogP contribution is -2.47. The van der Waals surface area contributed by atoms with Crippen molar-refractivity contribution in [2.24, 2.45) is 4.99 Å². The molecular formula is C14H24N4O. The molecule has 0 spiro atoms. The van der Waals surface area contributed by atoms with E-state index < -0.39 is 0 Å². The molecule has 2 rings (SSSR count). The van der Waals surface area contributed by atoms with Crippen LogP contribution in [0.15, 0.2) is 17.1 Å². The summed E-state index contributed by atoms with van der Waals surface area (Å²) >= 11 is 0. The fourth-order valence-corrected chi connectivity index (χ4v) is 2.58. The first-order valence-corrected chi connectivity index (χ1v) is 7.15. The molecule has 0 radical (unpaired) electrons. The first-order chi connectivity index (χ1) is 9.24. The lowest BCUT2D eigenvalue weighted by molar-refractivity contribution is -0.119. The van der Waals surface area contributed by atoms with Gasteiger partial charge in [-0.15, -0.1) is 0 Å². The summed E-state index contributed by atoms with van der Waals surface area (Å²) in [6, 6.07) is 0.575. The van der Waals surface area contributed by atoms with Gasteiger partial charge >= 0.3 is 0 Å². The molecule has 5 nitrogen and oxygen atoms in total. The lowest BCUT2D eigenvalue weighted by atomic mass is 10.0. The van der Waals surface area contributed by atoms with Crippen molar-refractivity contribution in [1.82, 2.24) is 15.5 Å². The van der Waals surface area contributed by atoms with E-state index in [-0.39, 0.29) is 12.1 Å². The van der Waals surface area contributed by atoms with E-state index >= 15 is 0 Å². The Morgan fingerprint density at radius 1 is 1.42 bits per heavy atom. The topological polar surface area (TPSA) is 56.7 Å². The predicted molar refractivity (Wildman–Crippen MR) is 77.3 cm³/mol. The molecule has 106 valence electrons. The molecule has 0 aromatic rings. The quantitative estimate of drug-likeness (QED) is 0.762. The number of carbonyl (C=O) groups excluding carboxylic acids is 1. The van der Waals surface area contributed by atoms with Crippen LogP contribution in [0.1, 0.15) is 26.2 Å². The van der Waals surface area contributed by atoms with E-state index in [0.29, 0.717) is 6.04 Å². The van der Waals surface area contributed by atoms with Crippen LogP contribution in [0.2, 0.25) is 0 Å². The molecule has 1 amide bonds. The number of hydrogen-bond acceptors (Lipinski definition) is 4. The second-order valence-corrected chi connectivity index (χ2v) is 5.24. The van der Waals surface area contributed by atoms with Crippen molar-refractivity contribution in [2.45, 2.75) is 38.4 Å². The van der Waals surface area contributed by atoms with Gasteiger partial charge in [0.25, 0.3) is 0 Å². The zero-order valence-corrected chi connectivity index (χ0v) is 11.6. The average molecular weight is 264 g/mol. The van der Waals surface area contributed by atoms with E-state index in [2.05, 4.69) is 26.6 Å². The number of amides is 1. The molecule has 2 N–H and O–H groups in total. The monoisotopic (exact) mass is 264 g/mol. The summed E-state index contributed by atoms with van der Waals surface area (Å²) < 4.78 is 0. The van der Waals surface area contributed by atoms with Gasteiger partial charge < -0.3 is 10.2 Å². The molecule has 5 heteroatoms. The Labute approximate surface area is 115 Å². The second kappa shape index (κ2) is 7.40. The first-order valence-electron chi connectivity index (χ1n) is 7.15. The maximum atomic E-state index is 10.8. The third kappa shape index (κ3) is 5.12. The van der Waals surface area contributed by atoms with Crippen LogP contribution in [0.25, 0.3) is 0 Å². The SMILES string of the molecule is CC(=O)NCCN1CCC(NC2CC=CC=N2)CC1. The second-order valence-electron chi connectivity index (χ2n) is 5.24. The first kappa shape index (κ1) is 14.2. The lowest BCUT2D eigenvalue weighted by Gasteiger charge is -2.33. The number of piperidine rings is 1. The van der Waals surface area contributed by atoms with Gasteiger partial charge in [-0.25, -0.2) is 0 Å². The molecule has 2 heterocycles. The van der Waals surface area contributed by atoms with E-state index in [4.69, 9.17) is 0 Å². The molecule has 0 saturated carbocycles. The molecule has 0 aromatic heterocycles. The van der Waals surface area contributed by atoms with E-state index in [1.807, 2.05) is 12.3 Å². The summed E-state index contributed by atoms with van der Waals surface area (Å²) in [6.45, 7) is 5.48. The van der Waals surface area contributed by atoms with Crippen LogP contribution in [0.3, 0.4) is 0 Å². The number of likely N-dealkylation sites (tertiary alicyclic amines) is 1. The maximum Gasteiger partial charge on any atom is 0.216 e. The van der Waals surface area contributed by atoms with Crippen LogP contribution in [-0.2, 0) is 4.79 Å². The van der Waals surface area contributed by atoms with Crippen molar-refractivity contribution in [3.05, 3.63) is 12.2 Å². The highest BCUT2D eigenvalue weighted by Crippen LogP contribution is 2.12. The van der Waals surface area contributed by atoms with Gasteiger partial charge in [0.15, 0.2) is 0 Å². The van der Waals surface area contributed by atoms with Gasteiger partial charge in [0.1, 0.15) is 6.17 Å². The normalized spacial score (nSPS) is 24.6. The zero-order valence-electron chi connectivity index (χ0n) is 11.6. The number of allylic oxidation sites excluding steroid dienone is 1. The van der Waals surface area contributed by atoms with Gasteiger partial charge in [-0.3, -0.25) is 15.1 Å². The van der Waals surface area contributed by atoms with E-state index in [1.54, 1.807) is 6.92 Å². The van der Waals surface area contributed by atoms with E-state index in [9.17, 15) is 4.79 Å². The Balaban J connectivity index is 1.61. The van der Waals surface area contributed by atoms with Gasteiger partial charge in [-0.1, -0.05) is 6.08 Å². The molecule has 0 bridgehead atoms. The Bertz CT molecular complexity index is 345. The molecule has 0 aromatic carbocycles. The largest absolute Gasteiger partial charge is 0.355 e. The van der Waals surface area contributed by atoms with Gasteiger partial charge in [0.05, 0.1) is 0 Å². The fourth-order valence-electron chi connectivity index (χ4n) is 2.58. The van der Waals surface area contributed by atoms with Crippen molar-refractivity contribution in [1.29, 1.82) is 0 Å². The summed E-state index contributed by atoms with van der Waals surface area (Å²) in [5.74, 6) is 0.0553. The molecule has 1 atom stereocenters. The minimum atomic E-state index is 0.0553. The Morgan fingerprint density at radius 2 is 2.21 bits per heavy atom. The molecule has 19 heavy (non-hydrogen) atoms. The summed E-state index contributed by atoms with van der Waals surface area (Å²) in [7, 11) is 0. The van der Waals surface area contributed by atoms with Gasteiger partial charge in [-0.05, 0) is 32.0 Å². The van der Waals surface area contributed by atoms with Gasteiger partial charge in [0, 0.05) is 38.7 Å². The minimum absolute atomic E-state index is 0.0553. The molecule has 1 unspecified atom stereocenters. The number of nitrogens with one attached hydrogen (secondary N) is 2. The molecular weight excluding hydrogens is 240 g/mol. The number of nitrogens with zero attached hydrogens (tertiary/aromatic N) is 2. The van der Waals surface area contributed by atoms with Crippen molar-refractivity contribution in [3.8, 4) is 0 Å². The summed E-state index contributed by atoms with van der Waals surface area (Å²) in [5.41, 5.74) is 0. The highest BCUT2D eigenvalue weighted by atomic mass is 16.1. The Hall–Kier alpha value is -1.20. The van der Waals surface area contributed by atoms with Gasteiger partial charge in [0.2, 0.25) is 5.91 Å². The smallest absolute Gasteiger partial charge is 0.216 e. The number of carbonyl (C=O) groups is 1. The highest BCUT2D eigenvalue weighted by Gasteiger charge is 2.20. The summed E-state index contributed by atoms with van der Waals surface area (Å²) in [5, 5.41) is 6.45. The van der Waals surface area contributed by atoms with E-state index in [0.717, 1.165) is 45.4 Å². The number of rotatable bonds is 5. The molecule has 2 aliphatic heterocycles. The van der Waals surface area contributed by atoms with Crippen LogP contribution in [0.5, 0.6) is 0 Å². The van der Waals surface area contributed by atoms with Gasteiger partial charge in [-0.2, -0.15) is 0 Å². The maximum absolute atomic E-state index is 10.8. The molecule has 2 aliphatic rings. The van der Waals surface area contributed by atoms with Crippen molar-refractivity contribution in [2.75, 3.05) is 26.2 Å². The van der Waals surface area contributed by atoms with Crippen LogP contribution in [-0.4, -0.2) is 55.4 Å². The third-order valence-corrected chi connectivity index (χ3v) is 3.67. The van der Waals surface area contributed by atoms with Crippen molar-refractivity contribution < 1.29 is 4.79 Å². The summed E-state index contributed by atoms with van der Waals surface area (Å²) in [4.78, 5) is 17.6. The van der Waals surface area contributed by atoms with Crippen molar-refractivity contribution in [3.63, 3.8) is 0 Å². The van der Waals surface area contributed by atoms with Crippen LogP contribution < -0.4 is 10.6 Å². The fraction of sp³-hybridized carbons (Fsp3) is 0.714. The predicted octanol–water partition coefficient (Wildman–Crippen LogP) is 0.533. The molecule has 1 saturated heterocycles. The number of dihydropyridines is 1. The minimum Gasteiger partial charge on any atom is -0.355 e. The van der Waals surface area contributed by atoms with Crippen LogP contribution in [0, 0.1) is 0 Å². The standard InChI is InChI=1S/C14H24N4O/c1-12(19)15-8-11-18-9-5-13(6-10-18)17-14-4-2-3-7-16-14/h2-3,7,13-14,17H,4-6,8-11H2,1H3,(H,15,19). The molecule has 0 aliphatic carbocycles. The Morgan fingerprint density at radius 3 is 2.84 bits per heavy atom. The average Bonchev–Trinajstić information content (AvgIpc) is 2.42. The highest BCUT2D eigenvalue weighted by molar-refractivity contribution is 5.72. The third-order valence-electron chi connectivity index (χ3n) is 3.67. The number of hydrogen-bond donors (Lipinski definition) is 2. The van der Waals surface area contributed by atoms with Crippen molar-refractivity contribution >= 4 is 12.1 Å². The number of aliphatic imine (C=N–C) groups is 1. The van der Waals surface area contributed by atoms with E-state index in [1.165, 1.54) is 0 Å². The summed E-state index contributed by atoms with van der Waals surface area (Å²) in [6.07, 6.45) is 9.63. The Kier molecular flexibility index (Phi) is 5.54.